The standard InChI is InChI=1S/C25H28Cl2N8O2/c1-13-12-37-7-6-19(13)31-24-30-11-20-23(34-24)35(16-4-2-15(3-5-16)22(29)36)25(32-20)33-21-17(26)8-14(10-28)9-18(21)27/h8-9,11,13,15-16,19H,2-7,12H2,1H3,(H2,29,36)(H,32,33)(H,30,31,34)/t13-,15-,16+,19+/m1/s1. The number of nitriles is 1. The monoisotopic (exact) mass is 542 g/mol. The highest BCUT2D eigenvalue weighted by Crippen LogP contribution is 2.39. The van der Waals surface area contributed by atoms with Crippen molar-refractivity contribution in [1.82, 2.24) is 19.5 Å². The second-order valence-electron chi connectivity index (χ2n) is 9.76. The number of carbonyl (C=O) groups is 1. The molecule has 1 aromatic carbocycles. The number of amides is 1. The van der Waals surface area contributed by atoms with Crippen LogP contribution in [0.15, 0.2) is 18.3 Å². The SMILES string of the molecule is C[C@@H]1COCC[C@@H]1Nc1ncc2nc(Nc3c(Cl)cc(C#N)cc3Cl)n([C@H]3CC[C@@H](C(N)=O)CC3)c2n1. The van der Waals surface area contributed by atoms with Crippen molar-refractivity contribution in [3.05, 3.63) is 33.9 Å². The Bertz CT molecular complexity index is 1340. The molecule has 5 rings (SSSR count). The highest BCUT2D eigenvalue weighted by Gasteiger charge is 2.30. The Kier molecular flexibility index (Phi) is 7.38. The van der Waals surface area contributed by atoms with Crippen molar-refractivity contribution in [3.63, 3.8) is 0 Å². The first-order chi connectivity index (χ1) is 17.8. The fourth-order valence-corrected chi connectivity index (χ4v) is 5.72. The summed E-state index contributed by atoms with van der Waals surface area (Å²) in [6.07, 6.45) is 5.44. The lowest BCUT2D eigenvalue weighted by Gasteiger charge is -2.30. The van der Waals surface area contributed by atoms with Crippen LogP contribution in [-0.4, -0.2) is 44.7 Å². The van der Waals surface area contributed by atoms with Crippen molar-refractivity contribution < 1.29 is 9.53 Å². The lowest BCUT2D eigenvalue weighted by atomic mass is 9.85. The fraction of sp³-hybridized carbons (Fsp3) is 0.480. The molecule has 1 amide bonds. The molecular weight excluding hydrogens is 515 g/mol. The minimum atomic E-state index is -0.261. The van der Waals surface area contributed by atoms with E-state index in [1.807, 2.05) is 4.57 Å². The van der Waals surface area contributed by atoms with Crippen LogP contribution in [0.25, 0.3) is 11.2 Å². The number of aromatic nitrogens is 4. The van der Waals surface area contributed by atoms with Crippen LogP contribution in [0.3, 0.4) is 0 Å². The van der Waals surface area contributed by atoms with Gasteiger partial charge >= 0.3 is 0 Å². The van der Waals surface area contributed by atoms with Gasteiger partial charge in [0.2, 0.25) is 17.8 Å². The molecule has 0 bridgehead atoms. The largest absolute Gasteiger partial charge is 0.381 e. The summed E-state index contributed by atoms with van der Waals surface area (Å²) >= 11 is 12.9. The lowest BCUT2D eigenvalue weighted by Crippen LogP contribution is -2.36. The minimum absolute atomic E-state index is 0.0313. The highest BCUT2D eigenvalue weighted by molar-refractivity contribution is 6.39. The van der Waals surface area contributed by atoms with E-state index in [4.69, 9.17) is 43.6 Å². The van der Waals surface area contributed by atoms with Gasteiger partial charge in [-0.15, -0.1) is 0 Å². The maximum Gasteiger partial charge on any atom is 0.224 e. The second kappa shape index (κ2) is 10.7. The van der Waals surface area contributed by atoms with Crippen LogP contribution in [0.1, 0.15) is 50.6 Å². The highest BCUT2D eigenvalue weighted by atomic mass is 35.5. The van der Waals surface area contributed by atoms with Crippen molar-refractivity contribution in [2.45, 2.75) is 51.1 Å². The summed E-state index contributed by atoms with van der Waals surface area (Å²) in [7, 11) is 0. The summed E-state index contributed by atoms with van der Waals surface area (Å²) in [4.78, 5) is 25.9. The Morgan fingerprint density at radius 1 is 1.19 bits per heavy atom. The van der Waals surface area contributed by atoms with Crippen molar-refractivity contribution in [3.8, 4) is 6.07 Å². The molecule has 10 nitrogen and oxygen atoms in total. The fourth-order valence-electron chi connectivity index (χ4n) is 5.14. The van der Waals surface area contributed by atoms with Gasteiger partial charge in [0, 0.05) is 24.6 Å². The van der Waals surface area contributed by atoms with Gasteiger partial charge in [-0.1, -0.05) is 30.1 Å². The van der Waals surface area contributed by atoms with E-state index < -0.39 is 0 Å². The first kappa shape index (κ1) is 25.5. The second-order valence-corrected chi connectivity index (χ2v) is 10.6. The number of imidazole rings is 1. The zero-order valence-corrected chi connectivity index (χ0v) is 21.9. The normalized spacial score (nSPS) is 23.9. The summed E-state index contributed by atoms with van der Waals surface area (Å²) in [5.41, 5.74) is 7.67. The first-order valence-electron chi connectivity index (χ1n) is 12.4. The molecule has 2 fully saturated rings. The molecular formula is C25H28Cl2N8O2. The topological polar surface area (TPSA) is 144 Å². The average Bonchev–Trinajstić information content (AvgIpc) is 3.24. The quantitative estimate of drug-likeness (QED) is 0.402. The molecule has 0 unspecified atom stereocenters. The molecule has 37 heavy (non-hydrogen) atoms. The number of primary amides is 1. The number of ether oxygens (including phenoxy) is 1. The Balaban J connectivity index is 1.53. The van der Waals surface area contributed by atoms with Gasteiger partial charge in [-0.3, -0.25) is 9.36 Å². The maximum absolute atomic E-state index is 11.8. The molecule has 3 heterocycles. The summed E-state index contributed by atoms with van der Waals surface area (Å²) in [5.74, 6) is 0.977. The molecule has 0 spiro atoms. The summed E-state index contributed by atoms with van der Waals surface area (Å²) in [6, 6.07) is 5.40. The summed E-state index contributed by atoms with van der Waals surface area (Å²) < 4.78 is 7.60. The number of halogens is 2. The number of anilines is 3. The molecule has 4 N–H and O–H groups in total. The molecule has 1 saturated heterocycles. The van der Waals surface area contributed by atoms with E-state index in [0.29, 0.717) is 76.3 Å². The predicted octanol–water partition coefficient (Wildman–Crippen LogP) is 4.80. The van der Waals surface area contributed by atoms with E-state index in [-0.39, 0.29) is 23.9 Å². The average molecular weight is 543 g/mol. The summed E-state index contributed by atoms with van der Waals surface area (Å²) in [6.45, 7) is 3.54. The number of carbonyl (C=O) groups excluding carboxylic acids is 1. The minimum Gasteiger partial charge on any atom is -0.381 e. The van der Waals surface area contributed by atoms with Gasteiger partial charge in [-0.2, -0.15) is 10.2 Å². The van der Waals surface area contributed by atoms with Crippen LogP contribution in [0.2, 0.25) is 10.0 Å². The Morgan fingerprint density at radius 3 is 2.57 bits per heavy atom. The smallest absolute Gasteiger partial charge is 0.224 e. The van der Waals surface area contributed by atoms with Gasteiger partial charge in [0.15, 0.2) is 5.65 Å². The summed E-state index contributed by atoms with van der Waals surface area (Å²) in [5, 5.41) is 16.6. The van der Waals surface area contributed by atoms with E-state index in [2.05, 4.69) is 28.6 Å². The number of hydrogen-bond acceptors (Lipinski definition) is 8. The number of benzene rings is 1. The van der Waals surface area contributed by atoms with E-state index in [1.54, 1.807) is 18.3 Å². The van der Waals surface area contributed by atoms with Gasteiger partial charge < -0.3 is 21.1 Å². The van der Waals surface area contributed by atoms with Crippen LogP contribution in [0, 0.1) is 23.2 Å². The number of fused-ring (bicyclic) bond motifs is 1. The van der Waals surface area contributed by atoms with Crippen LogP contribution in [-0.2, 0) is 9.53 Å². The van der Waals surface area contributed by atoms with Crippen LogP contribution < -0.4 is 16.4 Å². The molecule has 1 aliphatic carbocycles. The number of nitrogens with two attached hydrogens (primary N) is 1. The van der Waals surface area contributed by atoms with Gasteiger partial charge in [-0.25, -0.2) is 9.97 Å². The molecule has 1 aliphatic heterocycles. The van der Waals surface area contributed by atoms with Crippen LogP contribution in [0.4, 0.5) is 17.6 Å². The van der Waals surface area contributed by atoms with Gasteiger partial charge in [0.05, 0.1) is 40.2 Å². The van der Waals surface area contributed by atoms with Crippen molar-refractivity contribution >= 4 is 57.9 Å². The lowest BCUT2D eigenvalue weighted by molar-refractivity contribution is -0.122. The zero-order valence-electron chi connectivity index (χ0n) is 20.4. The van der Waals surface area contributed by atoms with E-state index in [0.717, 1.165) is 19.3 Å². The van der Waals surface area contributed by atoms with E-state index in [1.165, 1.54) is 0 Å². The van der Waals surface area contributed by atoms with Crippen molar-refractivity contribution in [2.24, 2.45) is 17.6 Å². The third-order valence-corrected chi connectivity index (χ3v) is 7.86. The first-order valence-corrected chi connectivity index (χ1v) is 13.1. The molecule has 2 aliphatic rings. The number of rotatable bonds is 6. The number of nitrogens with one attached hydrogen (secondary N) is 2. The molecule has 2 atom stereocenters. The van der Waals surface area contributed by atoms with E-state index >= 15 is 0 Å². The third-order valence-electron chi connectivity index (χ3n) is 7.26. The molecule has 12 heteroatoms. The molecule has 0 radical (unpaired) electrons. The van der Waals surface area contributed by atoms with Crippen molar-refractivity contribution in [2.75, 3.05) is 23.8 Å². The Morgan fingerprint density at radius 2 is 1.92 bits per heavy atom. The van der Waals surface area contributed by atoms with Crippen molar-refractivity contribution in [1.29, 1.82) is 5.26 Å². The zero-order chi connectivity index (χ0) is 26.1. The predicted molar refractivity (Wildman–Crippen MR) is 142 cm³/mol. The number of hydrogen-bond donors (Lipinski definition) is 3. The van der Waals surface area contributed by atoms with E-state index in [9.17, 15) is 10.1 Å². The van der Waals surface area contributed by atoms with Gasteiger partial charge in [-0.05, 0) is 50.2 Å². The Labute approximate surface area is 224 Å². The molecule has 3 aromatic rings. The van der Waals surface area contributed by atoms with Gasteiger partial charge in [0.1, 0.15) is 5.52 Å². The maximum atomic E-state index is 11.8. The molecule has 1 saturated carbocycles. The van der Waals surface area contributed by atoms with Gasteiger partial charge in [0.25, 0.3) is 0 Å². The third kappa shape index (κ3) is 5.30. The molecule has 2 aromatic heterocycles. The van der Waals surface area contributed by atoms with Crippen LogP contribution in [0.5, 0.6) is 0 Å². The van der Waals surface area contributed by atoms with Crippen LogP contribution >= 0.6 is 23.2 Å². The molecule has 194 valence electrons. The number of nitrogens with zero attached hydrogens (tertiary/aromatic N) is 5. The Hall–Kier alpha value is -3.13.